The summed E-state index contributed by atoms with van der Waals surface area (Å²) in [5, 5.41) is 11.1. The molecule has 35 heavy (non-hydrogen) atoms. The Labute approximate surface area is 221 Å². The number of aromatic nitrogens is 1. The molecule has 1 aliphatic carbocycles. The normalized spacial score (nSPS) is 24.4. The zero-order valence-electron chi connectivity index (χ0n) is 21.7. The Morgan fingerprint density at radius 3 is 2.66 bits per heavy atom. The molecule has 2 heterocycles. The second-order valence-corrected chi connectivity index (χ2v) is 9.34. The quantitative estimate of drug-likeness (QED) is 0.271. The van der Waals surface area contributed by atoms with Crippen molar-refractivity contribution >= 4 is 16.8 Å². The van der Waals surface area contributed by atoms with Crippen LogP contribution >= 0.6 is 0 Å². The van der Waals surface area contributed by atoms with Gasteiger partial charge in [0.2, 0.25) is 5.88 Å². The van der Waals surface area contributed by atoms with Crippen LogP contribution in [0.15, 0.2) is 65.7 Å². The Balaban J connectivity index is 0.00000280. The van der Waals surface area contributed by atoms with Gasteiger partial charge < -0.3 is 14.6 Å². The summed E-state index contributed by atoms with van der Waals surface area (Å²) < 4.78 is 30.3. The number of pyridine rings is 1. The van der Waals surface area contributed by atoms with Crippen molar-refractivity contribution in [3.8, 4) is 17.4 Å². The molecule has 0 spiro atoms. The minimum atomic E-state index is -1.71. The molecule has 0 saturated heterocycles. The average molecular weight is 647 g/mol. The fourth-order valence-corrected chi connectivity index (χ4v) is 4.84. The van der Waals surface area contributed by atoms with Gasteiger partial charge in [0, 0.05) is 47.4 Å². The molecule has 0 fully saturated rings. The van der Waals surface area contributed by atoms with Crippen LogP contribution in [-0.4, -0.2) is 21.5 Å². The number of nitrogens with zero attached hydrogens (tertiary/aromatic N) is 2. The number of hydrogen-bond donors (Lipinski definition) is 1. The Kier molecular flexibility index (Phi) is 4.95. The molecule has 6 rings (SSSR count). The molecule has 5 nitrogen and oxygen atoms in total. The van der Waals surface area contributed by atoms with Crippen LogP contribution in [-0.2, 0) is 37.8 Å². The van der Waals surface area contributed by atoms with Gasteiger partial charge in [-0.2, -0.15) is 0 Å². The van der Waals surface area contributed by atoms with E-state index in [9.17, 15) is 5.11 Å². The van der Waals surface area contributed by atoms with E-state index in [0.717, 1.165) is 22.1 Å². The molecule has 2 aliphatic rings. The third-order valence-corrected chi connectivity index (χ3v) is 6.70. The molecular weight excluding hydrogens is 619 g/mol. The number of phenolic OH excluding ortho intramolecular Hbond substituents is 1. The standard InChI is InChI=1S/C29H25N2O3.Pt/c1-17-12-21(27-31-28(3)16-20-7-5-6-8-23(20)29(28,4)34-27)15-22(13-17)33-25-10-9-19-11-18(2)14-24(32)26(19)30-25;/h5-14,32H,16H2,1-4H3;/q-1;/t28-,29-;/m0./s1/i16D2;. The van der Waals surface area contributed by atoms with Crippen molar-refractivity contribution in [2.45, 2.75) is 45.2 Å². The number of phenols is 1. The Morgan fingerprint density at radius 1 is 1.06 bits per heavy atom. The van der Waals surface area contributed by atoms with Crippen molar-refractivity contribution in [1.82, 2.24) is 4.98 Å². The van der Waals surface area contributed by atoms with Gasteiger partial charge in [-0.1, -0.05) is 48.9 Å². The van der Waals surface area contributed by atoms with Gasteiger partial charge in [-0.3, -0.25) is 4.99 Å². The van der Waals surface area contributed by atoms with Crippen molar-refractivity contribution in [3.05, 3.63) is 94.5 Å². The minimum absolute atomic E-state index is 0. The molecule has 4 aromatic rings. The summed E-state index contributed by atoms with van der Waals surface area (Å²) in [5.74, 6) is 1.17. The van der Waals surface area contributed by atoms with Gasteiger partial charge in [-0.05, 0) is 55.7 Å². The molecule has 3 aromatic carbocycles. The van der Waals surface area contributed by atoms with E-state index >= 15 is 0 Å². The maximum Gasteiger partial charge on any atom is 0.217 e. The van der Waals surface area contributed by atoms with Gasteiger partial charge in [0.25, 0.3) is 0 Å². The van der Waals surface area contributed by atoms with Gasteiger partial charge in [0.1, 0.15) is 22.8 Å². The number of hydrogen-bond acceptors (Lipinski definition) is 5. The van der Waals surface area contributed by atoms with Crippen LogP contribution in [0, 0.1) is 19.9 Å². The summed E-state index contributed by atoms with van der Waals surface area (Å²) in [5.41, 5.74) is 2.19. The number of fused-ring (bicyclic) bond motifs is 4. The van der Waals surface area contributed by atoms with Crippen molar-refractivity contribution in [2.24, 2.45) is 4.99 Å². The molecule has 0 unspecified atom stereocenters. The molecular formula is C29H25N2O3Pt-. The summed E-state index contributed by atoms with van der Waals surface area (Å²) in [6.07, 6.45) is -1.71. The molecule has 0 amide bonds. The van der Waals surface area contributed by atoms with Gasteiger partial charge in [0.15, 0.2) is 0 Å². The summed E-state index contributed by atoms with van der Waals surface area (Å²) >= 11 is 0. The van der Waals surface area contributed by atoms with Crippen molar-refractivity contribution in [1.29, 1.82) is 0 Å². The van der Waals surface area contributed by atoms with E-state index < -0.39 is 17.5 Å². The number of ether oxygens (including phenoxy) is 2. The smallest absolute Gasteiger partial charge is 0.217 e. The van der Waals surface area contributed by atoms with Crippen LogP contribution in [0.3, 0.4) is 0 Å². The fourth-order valence-electron chi connectivity index (χ4n) is 4.84. The first-order valence-electron chi connectivity index (χ1n) is 12.2. The van der Waals surface area contributed by atoms with E-state index in [-0.39, 0.29) is 26.8 Å². The second-order valence-electron chi connectivity index (χ2n) is 9.34. The van der Waals surface area contributed by atoms with Crippen molar-refractivity contribution < 1.29 is 38.4 Å². The molecule has 0 bridgehead atoms. The third kappa shape index (κ3) is 3.73. The van der Waals surface area contributed by atoms with E-state index in [1.807, 2.05) is 69.3 Å². The first-order valence-corrected chi connectivity index (χ1v) is 11.2. The van der Waals surface area contributed by atoms with Crippen LogP contribution < -0.4 is 4.74 Å². The average Bonchev–Trinajstić information content (AvgIpc) is 3.18. The zero-order valence-corrected chi connectivity index (χ0v) is 22.0. The van der Waals surface area contributed by atoms with Crippen LogP contribution in [0.2, 0.25) is 0 Å². The van der Waals surface area contributed by atoms with Gasteiger partial charge in [-0.25, -0.2) is 4.98 Å². The van der Waals surface area contributed by atoms with Crippen molar-refractivity contribution in [3.63, 3.8) is 0 Å². The molecule has 0 saturated carbocycles. The fraction of sp³-hybridized carbons (Fsp3) is 0.241. The number of rotatable bonds is 3. The Morgan fingerprint density at radius 2 is 1.83 bits per heavy atom. The van der Waals surface area contributed by atoms with Gasteiger partial charge in [-0.15, -0.1) is 11.6 Å². The molecule has 1 aromatic heterocycles. The third-order valence-electron chi connectivity index (χ3n) is 6.70. The first-order chi connectivity index (χ1) is 17.0. The predicted octanol–water partition coefficient (Wildman–Crippen LogP) is 6.15. The zero-order chi connectivity index (χ0) is 25.5. The van der Waals surface area contributed by atoms with Crippen LogP contribution in [0.5, 0.6) is 17.4 Å². The Bertz CT molecular complexity index is 1610. The maximum absolute atomic E-state index is 10.3. The molecule has 1 N–H and O–H groups in total. The molecule has 6 heteroatoms. The SMILES string of the molecule is [2H]C1([2H])c2ccccc2[C@]2(C)OC(c3[c-]c(Oc4ccc5cc(C)cc(O)c5n4)cc(C)c3)=N[C@@]12C.[Pt]. The molecule has 180 valence electrons. The monoisotopic (exact) mass is 646 g/mol. The number of aliphatic imine (C=N–C) groups is 1. The molecule has 1 aliphatic heterocycles. The van der Waals surface area contributed by atoms with E-state index in [2.05, 4.69) is 11.1 Å². The summed E-state index contributed by atoms with van der Waals surface area (Å²) in [4.78, 5) is 9.30. The number of benzene rings is 3. The summed E-state index contributed by atoms with van der Waals surface area (Å²) in [7, 11) is 0. The minimum Gasteiger partial charge on any atom is -0.508 e. The van der Waals surface area contributed by atoms with E-state index in [1.165, 1.54) is 0 Å². The van der Waals surface area contributed by atoms with Gasteiger partial charge >= 0.3 is 0 Å². The van der Waals surface area contributed by atoms with E-state index in [4.69, 9.17) is 17.2 Å². The number of aromatic hydroxyl groups is 1. The van der Waals surface area contributed by atoms with Gasteiger partial charge in [0.05, 0.1) is 5.54 Å². The molecule has 0 radical (unpaired) electrons. The number of aryl methyl sites for hydroxylation is 2. The summed E-state index contributed by atoms with van der Waals surface area (Å²) in [6.45, 7) is 7.55. The van der Waals surface area contributed by atoms with Crippen LogP contribution in [0.25, 0.3) is 10.9 Å². The largest absolute Gasteiger partial charge is 0.508 e. The second kappa shape index (κ2) is 8.20. The topological polar surface area (TPSA) is 63.9 Å². The van der Waals surface area contributed by atoms with E-state index in [0.29, 0.717) is 34.2 Å². The van der Waals surface area contributed by atoms with Crippen molar-refractivity contribution in [2.75, 3.05) is 0 Å². The molecule has 2 atom stereocenters. The van der Waals surface area contributed by atoms with Crippen LogP contribution in [0.1, 0.15) is 44.4 Å². The van der Waals surface area contributed by atoms with Crippen LogP contribution in [0.4, 0.5) is 0 Å². The van der Waals surface area contributed by atoms with E-state index in [1.54, 1.807) is 19.1 Å². The predicted molar refractivity (Wildman–Crippen MR) is 132 cm³/mol. The first kappa shape index (κ1) is 21.1. The maximum atomic E-state index is 10.3. The Hall–Kier alpha value is -3.17. The summed E-state index contributed by atoms with van der Waals surface area (Å²) in [6, 6.07) is 21.6.